The van der Waals surface area contributed by atoms with E-state index in [1.165, 1.54) is 0 Å². The van der Waals surface area contributed by atoms with Gasteiger partial charge in [0.05, 0.1) is 0 Å². The van der Waals surface area contributed by atoms with Crippen molar-refractivity contribution in [3.05, 3.63) is 0 Å². The van der Waals surface area contributed by atoms with E-state index in [1.807, 2.05) is 6.92 Å². The Morgan fingerprint density at radius 1 is 1.26 bits per heavy atom. The summed E-state index contributed by atoms with van der Waals surface area (Å²) in [5.74, 6) is -0.901. The molecule has 1 amide bonds. The zero-order valence-corrected chi connectivity index (χ0v) is 12.5. The molecule has 0 aliphatic rings. The van der Waals surface area contributed by atoms with Crippen LogP contribution in [0.2, 0.25) is 0 Å². The summed E-state index contributed by atoms with van der Waals surface area (Å²) in [6.45, 7) is 8.86. The predicted molar refractivity (Wildman–Crippen MR) is 75.7 cm³/mol. The van der Waals surface area contributed by atoms with Gasteiger partial charge in [-0.3, -0.25) is 9.59 Å². The molecule has 0 aromatic heterocycles. The Morgan fingerprint density at radius 2 is 1.84 bits per heavy atom. The van der Waals surface area contributed by atoms with Crippen LogP contribution >= 0.6 is 0 Å². The molecular formula is C14H28N2O3. The highest BCUT2D eigenvalue weighted by Crippen LogP contribution is 2.24. The number of carboxylic acid groups (broad SMARTS) is 1. The fourth-order valence-corrected chi connectivity index (χ4v) is 2.01. The number of hydrogen-bond donors (Lipinski definition) is 3. The molecule has 0 aliphatic carbocycles. The van der Waals surface area contributed by atoms with E-state index in [4.69, 9.17) is 10.8 Å². The average molecular weight is 272 g/mol. The Hall–Kier alpha value is -1.10. The standard InChI is InChI=1S/C14H28N2O3/c1-10(9-14(2,3)4)12(17)16-8-6-5-7-11(15)13(18)19/h10-11H,5-9,15H2,1-4H3,(H,16,17)(H,18,19). The first-order chi connectivity index (χ1) is 8.63. The summed E-state index contributed by atoms with van der Waals surface area (Å²) < 4.78 is 0. The van der Waals surface area contributed by atoms with Crippen LogP contribution in [0.25, 0.3) is 0 Å². The fourth-order valence-electron chi connectivity index (χ4n) is 2.01. The Kier molecular flexibility index (Phi) is 7.68. The molecule has 112 valence electrons. The first kappa shape index (κ1) is 17.9. The maximum Gasteiger partial charge on any atom is 0.320 e. The van der Waals surface area contributed by atoms with Gasteiger partial charge in [0, 0.05) is 12.5 Å². The van der Waals surface area contributed by atoms with Gasteiger partial charge in [-0.25, -0.2) is 0 Å². The third-order valence-electron chi connectivity index (χ3n) is 2.92. The molecule has 0 radical (unpaired) electrons. The minimum absolute atomic E-state index is 0.00118. The first-order valence-electron chi connectivity index (χ1n) is 6.89. The van der Waals surface area contributed by atoms with Crippen LogP contribution in [0, 0.1) is 11.3 Å². The van der Waals surface area contributed by atoms with E-state index in [0.29, 0.717) is 19.4 Å². The van der Waals surface area contributed by atoms with Crippen molar-refractivity contribution >= 4 is 11.9 Å². The number of carboxylic acids is 1. The van der Waals surface area contributed by atoms with Gasteiger partial charge >= 0.3 is 5.97 Å². The molecule has 0 rings (SSSR count). The van der Waals surface area contributed by atoms with Crippen LogP contribution in [-0.4, -0.2) is 29.6 Å². The van der Waals surface area contributed by atoms with Crippen molar-refractivity contribution in [1.82, 2.24) is 5.32 Å². The van der Waals surface area contributed by atoms with Crippen molar-refractivity contribution in [2.45, 2.75) is 59.4 Å². The van der Waals surface area contributed by atoms with Crippen LogP contribution in [0.15, 0.2) is 0 Å². The number of hydrogen-bond acceptors (Lipinski definition) is 3. The van der Waals surface area contributed by atoms with E-state index in [-0.39, 0.29) is 17.2 Å². The fraction of sp³-hybridized carbons (Fsp3) is 0.857. The highest BCUT2D eigenvalue weighted by atomic mass is 16.4. The summed E-state index contributed by atoms with van der Waals surface area (Å²) in [7, 11) is 0. The van der Waals surface area contributed by atoms with Gasteiger partial charge in [0.15, 0.2) is 0 Å². The normalized spacial score (nSPS) is 14.8. The number of rotatable bonds is 8. The molecule has 0 spiro atoms. The smallest absolute Gasteiger partial charge is 0.320 e. The molecule has 0 aromatic rings. The quantitative estimate of drug-likeness (QED) is 0.587. The molecule has 0 heterocycles. The van der Waals surface area contributed by atoms with Crippen molar-refractivity contribution in [2.75, 3.05) is 6.54 Å². The summed E-state index contributed by atoms with van der Waals surface area (Å²) >= 11 is 0. The molecule has 0 fully saturated rings. The molecule has 0 saturated carbocycles. The summed E-state index contributed by atoms with van der Waals surface area (Å²) in [4.78, 5) is 22.3. The van der Waals surface area contributed by atoms with Crippen LogP contribution in [0.3, 0.4) is 0 Å². The Labute approximate surface area is 115 Å². The lowest BCUT2D eigenvalue weighted by Gasteiger charge is -2.22. The van der Waals surface area contributed by atoms with Crippen molar-refractivity contribution in [3.8, 4) is 0 Å². The molecular weight excluding hydrogens is 244 g/mol. The number of carbonyl (C=O) groups is 2. The molecule has 0 aromatic carbocycles. The lowest BCUT2D eigenvalue weighted by atomic mass is 9.85. The van der Waals surface area contributed by atoms with Gasteiger partial charge in [-0.1, -0.05) is 27.7 Å². The van der Waals surface area contributed by atoms with E-state index in [1.54, 1.807) is 0 Å². The molecule has 5 heteroatoms. The zero-order valence-electron chi connectivity index (χ0n) is 12.5. The number of nitrogens with one attached hydrogen (secondary N) is 1. The lowest BCUT2D eigenvalue weighted by molar-refractivity contribution is -0.138. The third kappa shape index (κ3) is 9.47. The van der Waals surface area contributed by atoms with Gasteiger partial charge in [0.1, 0.15) is 6.04 Å². The number of unbranched alkanes of at least 4 members (excludes halogenated alkanes) is 1. The van der Waals surface area contributed by atoms with Crippen LogP contribution in [0.4, 0.5) is 0 Å². The number of amides is 1. The van der Waals surface area contributed by atoms with E-state index >= 15 is 0 Å². The highest BCUT2D eigenvalue weighted by Gasteiger charge is 2.20. The lowest BCUT2D eigenvalue weighted by Crippen LogP contribution is -2.33. The van der Waals surface area contributed by atoms with Crippen LogP contribution < -0.4 is 11.1 Å². The van der Waals surface area contributed by atoms with Gasteiger partial charge in [0.2, 0.25) is 5.91 Å². The molecule has 0 saturated heterocycles. The second-order valence-electron chi connectivity index (χ2n) is 6.40. The summed E-state index contributed by atoms with van der Waals surface area (Å²) in [5, 5.41) is 11.5. The number of aliphatic carboxylic acids is 1. The van der Waals surface area contributed by atoms with E-state index in [9.17, 15) is 9.59 Å². The van der Waals surface area contributed by atoms with Gasteiger partial charge in [-0.2, -0.15) is 0 Å². The van der Waals surface area contributed by atoms with Gasteiger partial charge in [0.25, 0.3) is 0 Å². The number of nitrogens with two attached hydrogens (primary N) is 1. The molecule has 2 unspecified atom stereocenters. The van der Waals surface area contributed by atoms with E-state index in [2.05, 4.69) is 26.1 Å². The Balaban J connectivity index is 3.72. The molecule has 0 bridgehead atoms. The van der Waals surface area contributed by atoms with Crippen molar-refractivity contribution < 1.29 is 14.7 Å². The van der Waals surface area contributed by atoms with E-state index in [0.717, 1.165) is 12.8 Å². The van der Waals surface area contributed by atoms with Crippen molar-refractivity contribution in [2.24, 2.45) is 17.1 Å². The topological polar surface area (TPSA) is 92.4 Å². The van der Waals surface area contributed by atoms with Crippen molar-refractivity contribution in [1.29, 1.82) is 0 Å². The second kappa shape index (κ2) is 8.15. The Morgan fingerprint density at radius 3 is 2.32 bits per heavy atom. The SMILES string of the molecule is CC(CC(C)(C)C)C(=O)NCCCCC(N)C(=O)O. The first-order valence-corrected chi connectivity index (χ1v) is 6.89. The average Bonchev–Trinajstić information content (AvgIpc) is 2.25. The maximum absolute atomic E-state index is 11.8. The number of carbonyl (C=O) groups excluding carboxylic acids is 1. The monoisotopic (exact) mass is 272 g/mol. The van der Waals surface area contributed by atoms with Crippen LogP contribution in [-0.2, 0) is 9.59 Å². The molecule has 0 aliphatic heterocycles. The second-order valence-corrected chi connectivity index (χ2v) is 6.40. The maximum atomic E-state index is 11.8. The summed E-state index contributed by atoms with van der Waals surface area (Å²) in [6, 6.07) is -0.796. The van der Waals surface area contributed by atoms with Gasteiger partial charge < -0.3 is 16.2 Å². The molecule has 19 heavy (non-hydrogen) atoms. The highest BCUT2D eigenvalue weighted by molar-refractivity contribution is 5.78. The minimum Gasteiger partial charge on any atom is -0.480 e. The third-order valence-corrected chi connectivity index (χ3v) is 2.92. The van der Waals surface area contributed by atoms with Crippen molar-refractivity contribution in [3.63, 3.8) is 0 Å². The Bertz CT molecular complexity index is 298. The molecule has 2 atom stereocenters. The van der Waals surface area contributed by atoms with Crippen LogP contribution in [0.1, 0.15) is 53.4 Å². The summed E-state index contributed by atoms with van der Waals surface area (Å²) in [5.41, 5.74) is 5.53. The van der Waals surface area contributed by atoms with E-state index < -0.39 is 12.0 Å². The predicted octanol–water partition coefficient (Wildman–Crippen LogP) is 1.76. The zero-order chi connectivity index (χ0) is 15.1. The van der Waals surface area contributed by atoms with Crippen LogP contribution in [0.5, 0.6) is 0 Å². The summed E-state index contributed by atoms with van der Waals surface area (Å²) in [6.07, 6.45) is 2.77. The minimum atomic E-state index is -0.970. The molecule has 4 N–H and O–H groups in total. The van der Waals surface area contributed by atoms with Gasteiger partial charge in [-0.15, -0.1) is 0 Å². The largest absolute Gasteiger partial charge is 0.480 e. The van der Waals surface area contributed by atoms with Gasteiger partial charge in [-0.05, 0) is 31.1 Å². The molecule has 5 nitrogen and oxygen atoms in total.